The van der Waals surface area contributed by atoms with Crippen molar-refractivity contribution in [3.8, 4) is 0 Å². The van der Waals surface area contributed by atoms with Gasteiger partial charge in [0.1, 0.15) is 5.82 Å². The lowest BCUT2D eigenvalue weighted by molar-refractivity contribution is 0.459. The minimum Gasteiger partial charge on any atom is -0.326 e. The molecule has 3 rings (SSSR count). The number of nitrogens with two attached hydrogens (primary N) is 1. The Hall–Kier alpha value is -2.20. The van der Waals surface area contributed by atoms with E-state index in [1.807, 2.05) is 37.4 Å². The number of para-hydroxylation sites is 2. The summed E-state index contributed by atoms with van der Waals surface area (Å²) in [6.45, 7) is 4.15. The number of nitrogens with zero attached hydrogens (tertiary/aromatic N) is 3. The van der Waals surface area contributed by atoms with E-state index in [1.165, 1.54) is 0 Å². The van der Waals surface area contributed by atoms with Crippen LogP contribution in [0.25, 0.3) is 11.0 Å². The van der Waals surface area contributed by atoms with Crippen LogP contribution in [0, 0.1) is 6.92 Å². The average molecular weight is 280 g/mol. The highest BCUT2D eigenvalue weighted by molar-refractivity contribution is 5.76. The second-order valence-electron chi connectivity index (χ2n) is 5.32. The lowest BCUT2D eigenvalue weighted by atomic mass is 9.99. The van der Waals surface area contributed by atoms with Crippen molar-refractivity contribution >= 4 is 11.0 Å². The molecule has 2 atom stereocenters. The molecule has 4 nitrogen and oxygen atoms in total. The highest BCUT2D eigenvalue weighted by Crippen LogP contribution is 2.28. The number of hydrogen-bond acceptors (Lipinski definition) is 3. The number of rotatable bonds is 4. The number of benzene rings is 1. The summed E-state index contributed by atoms with van der Waals surface area (Å²) in [6.07, 6.45) is 4.58. The van der Waals surface area contributed by atoms with Gasteiger partial charge in [-0.2, -0.15) is 0 Å². The monoisotopic (exact) mass is 280 g/mol. The predicted molar refractivity (Wildman–Crippen MR) is 85.1 cm³/mol. The summed E-state index contributed by atoms with van der Waals surface area (Å²) >= 11 is 0. The third-order valence-electron chi connectivity index (χ3n) is 3.95. The van der Waals surface area contributed by atoms with Crippen molar-refractivity contribution in [2.75, 3.05) is 0 Å². The van der Waals surface area contributed by atoms with E-state index in [0.29, 0.717) is 0 Å². The van der Waals surface area contributed by atoms with Crippen LogP contribution in [0.1, 0.15) is 30.8 Å². The van der Waals surface area contributed by atoms with Crippen LogP contribution in [0.3, 0.4) is 0 Å². The molecule has 0 aliphatic carbocycles. The van der Waals surface area contributed by atoms with Crippen molar-refractivity contribution in [1.82, 2.24) is 14.5 Å². The van der Waals surface area contributed by atoms with Gasteiger partial charge >= 0.3 is 0 Å². The molecule has 2 unspecified atom stereocenters. The van der Waals surface area contributed by atoms with Crippen LogP contribution < -0.4 is 5.73 Å². The molecule has 1 aromatic carbocycles. The molecule has 108 valence electrons. The number of aromatic nitrogens is 3. The van der Waals surface area contributed by atoms with E-state index < -0.39 is 0 Å². The first-order valence-corrected chi connectivity index (χ1v) is 7.31. The highest BCUT2D eigenvalue weighted by atomic mass is 15.1. The second kappa shape index (κ2) is 5.66. The van der Waals surface area contributed by atoms with E-state index in [-0.39, 0.29) is 12.1 Å². The molecule has 0 aliphatic rings. The largest absolute Gasteiger partial charge is 0.326 e. The fourth-order valence-corrected chi connectivity index (χ4v) is 2.88. The lowest BCUT2D eigenvalue weighted by Gasteiger charge is -2.26. The summed E-state index contributed by atoms with van der Waals surface area (Å²) < 4.78 is 2.24. The van der Waals surface area contributed by atoms with Crippen molar-refractivity contribution in [2.45, 2.75) is 32.4 Å². The molecule has 2 N–H and O–H groups in total. The van der Waals surface area contributed by atoms with E-state index >= 15 is 0 Å². The Bertz CT molecular complexity index is 733. The van der Waals surface area contributed by atoms with Crippen LogP contribution in [0.4, 0.5) is 0 Å². The average Bonchev–Trinajstić information content (AvgIpc) is 2.85. The minimum atomic E-state index is 0.0190. The van der Waals surface area contributed by atoms with Gasteiger partial charge in [0.2, 0.25) is 0 Å². The van der Waals surface area contributed by atoms with Gasteiger partial charge < -0.3 is 10.3 Å². The molecule has 2 heterocycles. The van der Waals surface area contributed by atoms with Crippen molar-refractivity contribution in [1.29, 1.82) is 0 Å². The molecule has 4 heteroatoms. The smallest absolute Gasteiger partial charge is 0.107 e. The summed E-state index contributed by atoms with van der Waals surface area (Å²) in [5.41, 5.74) is 9.67. The zero-order chi connectivity index (χ0) is 14.8. The Morgan fingerprint density at radius 3 is 2.71 bits per heavy atom. The normalized spacial score (nSPS) is 14.2. The van der Waals surface area contributed by atoms with Crippen LogP contribution in [0.2, 0.25) is 0 Å². The molecule has 0 fully saturated rings. The van der Waals surface area contributed by atoms with Crippen LogP contribution in [0.5, 0.6) is 0 Å². The number of pyridine rings is 1. The van der Waals surface area contributed by atoms with Gasteiger partial charge in [0.25, 0.3) is 0 Å². The molecule has 0 aliphatic heterocycles. The summed E-state index contributed by atoms with van der Waals surface area (Å²) in [7, 11) is 0. The zero-order valence-electron chi connectivity index (χ0n) is 12.4. The Kier molecular flexibility index (Phi) is 3.71. The van der Waals surface area contributed by atoms with Crippen LogP contribution in [0.15, 0.2) is 48.8 Å². The van der Waals surface area contributed by atoms with Gasteiger partial charge in [-0.3, -0.25) is 4.98 Å². The van der Waals surface area contributed by atoms with Gasteiger partial charge in [-0.15, -0.1) is 0 Å². The van der Waals surface area contributed by atoms with E-state index in [4.69, 9.17) is 5.73 Å². The van der Waals surface area contributed by atoms with Gasteiger partial charge in [0.05, 0.1) is 17.1 Å². The molecule has 3 aromatic rings. The maximum atomic E-state index is 6.42. The van der Waals surface area contributed by atoms with Crippen molar-refractivity contribution < 1.29 is 0 Å². The van der Waals surface area contributed by atoms with Gasteiger partial charge in [-0.05, 0) is 37.1 Å². The SMILES string of the molecule is CCC(N)C(c1cccnc1)n1c(C)nc2ccccc21. The number of aryl methyl sites for hydroxylation is 1. The maximum Gasteiger partial charge on any atom is 0.107 e. The Morgan fingerprint density at radius 1 is 1.19 bits per heavy atom. The van der Waals surface area contributed by atoms with E-state index in [1.54, 1.807) is 6.20 Å². The van der Waals surface area contributed by atoms with Crippen molar-refractivity contribution in [3.05, 3.63) is 60.2 Å². The Labute approximate surface area is 124 Å². The Morgan fingerprint density at radius 2 is 2.00 bits per heavy atom. The highest BCUT2D eigenvalue weighted by Gasteiger charge is 2.24. The van der Waals surface area contributed by atoms with E-state index in [9.17, 15) is 0 Å². The second-order valence-corrected chi connectivity index (χ2v) is 5.32. The molecule has 0 amide bonds. The summed E-state index contributed by atoms with van der Waals surface area (Å²) in [6, 6.07) is 12.3. The lowest BCUT2D eigenvalue weighted by Crippen LogP contribution is -2.33. The van der Waals surface area contributed by atoms with Crippen molar-refractivity contribution in [3.63, 3.8) is 0 Å². The van der Waals surface area contributed by atoms with Gasteiger partial charge in [-0.25, -0.2) is 4.98 Å². The fraction of sp³-hybridized carbons (Fsp3) is 0.294. The van der Waals surface area contributed by atoms with Crippen LogP contribution in [-0.4, -0.2) is 20.6 Å². The van der Waals surface area contributed by atoms with Gasteiger partial charge in [-0.1, -0.05) is 25.1 Å². The first-order chi connectivity index (χ1) is 10.2. The van der Waals surface area contributed by atoms with Gasteiger partial charge in [0, 0.05) is 18.4 Å². The standard InChI is InChI=1S/C17H20N4/c1-3-14(18)17(13-7-6-10-19-11-13)21-12(2)20-15-8-4-5-9-16(15)21/h4-11,14,17H,3,18H2,1-2H3. The van der Waals surface area contributed by atoms with Gasteiger partial charge in [0.15, 0.2) is 0 Å². The molecule has 0 spiro atoms. The zero-order valence-corrected chi connectivity index (χ0v) is 12.4. The predicted octanol–water partition coefficient (Wildman–Crippen LogP) is 3.07. The molecule has 0 saturated heterocycles. The van der Waals surface area contributed by atoms with Crippen LogP contribution in [-0.2, 0) is 0 Å². The number of fused-ring (bicyclic) bond motifs is 1. The number of hydrogen-bond donors (Lipinski definition) is 1. The fourth-order valence-electron chi connectivity index (χ4n) is 2.88. The minimum absolute atomic E-state index is 0.0190. The molecule has 21 heavy (non-hydrogen) atoms. The van der Waals surface area contributed by atoms with E-state index in [2.05, 4.69) is 33.6 Å². The summed E-state index contributed by atoms with van der Waals surface area (Å²) in [5, 5.41) is 0. The molecular weight excluding hydrogens is 260 g/mol. The Balaban J connectivity index is 2.22. The first-order valence-electron chi connectivity index (χ1n) is 7.31. The third-order valence-corrected chi connectivity index (χ3v) is 3.95. The van der Waals surface area contributed by atoms with Crippen LogP contribution >= 0.6 is 0 Å². The quantitative estimate of drug-likeness (QED) is 0.799. The summed E-state index contributed by atoms with van der Waals surface area (Å²) in [5.74, 6) is 0.981. The molecule has 0 saturated carbocycles. The molecule has 0 bridgehead atoms. The molecule has 2 aromatic heterocycles. The first kappa shape index (κ1) is 13.8. The number of imidazole rings is 1. The van der Waals surface area contributed by atoms with E-state index in [0.717, 1.165) is 28.8 Å². The summed E-state index contributed by atoms with van der Waals surface area (Å²) in [4.78, 5) is 8.92. The topological polar surface area (TPSA) is 56.7 Å². The third kappa shape index (κ3) is 2.43. The maximum absolute atomic E-state index is 6.42. The van der Waals surface area contributed by atoms with Crippen molar-refractivity contribution in [2.24, 2.45) is 5.73 Å². The molecular formula is C17H20N4. The molecule has 0 radical (unpaired) electrons.